The van der Waals surface area contributed by atoms with Gasteiger partial charge in [-0.15, -0.1) is 11.3 Å². The van der Waals surface area contributed by atoms with Gasteiger partial charge >= 0.3 is 0 Å². The SMILES string of the molecule is Cc1ccc(-c2cc(Cl)nc(-c3ccccc3)n2)s1. The van der Waals surface area contributed by atoms with Gasteiger partial charge in [0.15, 0.2) is 5.82 Å². The molecule has 0 aliphatic heterocycles. The van der Waals surface area contributed by atoms with Crippen molar-refractivity contribution >= 4 is 22.9 Å². The standard InChI is InChI=1S/C15H11ClN2S/c1-10-7-8-13(19-10)12-9-14(16)18-15(17-12)11-5-3-2-4-6-11/h2-9H,1H3. The maximum Gasteiger partial charge on any atom is 0.161 e. The van der Waals surface area contributed by atoms with Crippen LogP contribution < -0.4 is 0 Å². The lowest BCUT2D eigenvalue weighted by molar-refractivity contribution is 1.18. The van der Waals surface area contributed by atoms with Gasteiger partial charge in [-0.05, 0) is 19.1 Å². The first-order valence-electron chi connectivity index (χ1n) is 5.89. The molecule has 0 aliphatic rings. The van der Waals surface area contributed by atoms with Crippen LogP contribution in [0.25, 0.3) is 22.0 Å². The van der Waals surface area contributed by atoms with E-state index in [0.29, 0.717) is 11.0 Å². The van der Waals surface area contributed by atoms with E-state index in [4.69, 9.17) is 11.6 Å². The molecule has 94 valence electrons. The molecule has 0 fully saturated rings. The van der Waals surface area contributed by atoms with Gasteiger partial charge < -0.3 is 0 Å². The largest absolute Gasteiger partial charge is 0.227 e. The molecule has 2 heterocycles. The molecule has 3 rings (SSSR count). The van der Waals surface area contributed by atoms with Crippen molar-refractivity contribution in [3.63, 3.8) is 0 Å². The number of aryl methyl sites for hydroxylation is 1. The minimum Gasteiger partial charge on any atom is -0.227 e. The molecule has 0 aliphatic carbocycles. The lowest BCUT2D eigenvalue weighted by Gasteiger charge is -2.03. The summed E-state index contributed by atoms with van der Waals surface area (Å²) in [6.45, 7) is 2.08. The first-order chi connectivity index (χ1) is 9.22. The van der Waals surface area contributed by atoms with E-state index in [1.807, 2.05) is 30.3 Å². The fraction of sp³-hybridized carbons (Fsp3) is 0.0667. The summed E-state index contributed by atoms with van der Waals surface area (Å²) in [4.78, 5) is 11.3. The summed E-state index contributed by atoms with van der Waals surface area (Å²) in [5, 5.41) is 0.468. The van der Waals surface area contributed by atoms with Crippen molar-refractivity contribution in [3.05, 3.63) is 58.6 Å². The van der Waals surface area contributed by atoms with Crippen molar-refractivity contribution < 1.29 is 0 Å². The smallest absolute Gasteiger partial charge is 0.161 e. The summed E-state index contributed by atoms with van der Waals surface area (Å²) in [6, 6.07) is 15.8. The van der Waals surface area contributed by atoms with Crippen molar-refractivity contribution in [2.75, 3.05) is 0 Å². The van der Waals surface area contributed by atoms with Gasteiger partial charge in [0.05, 0.1) is 10.6 Å². The van der Waals surface area contributed by atoms with E-state index in [0.717, 1.165) is 16.1 Å². The Labute approximate surface area is 120 Å². The van der Waals surface area contributed by atoms with Crippen LogP contribution in [0.1, 0.15) is 4.88 Å². The van der Waals surface area contributed by atoms with E-state index in [1.54, 1.807) is 17.4 Å². The first kappa shape index (κ1) is 12.3. The highest BCUT2D eigenvalue weighted by Crippen LogP contribution is 2.29. The van der Waals surface area contributed by atoms with E-state index < -0.39 is 0 Å². The Bertz CT molecular complexity index is 707. The quantitative estimate of drug-likeness (QED) is 0.630. The Balaban J connectivity index is 2.11. The number of hydrogen-bond donors (Lipinski definition) is 0. The van der Waals surface area contributed by atoms with Gasteiger partial charge in [0, 0.05) is 16.5 Å². The van der Waals surface area contributed by atoms with Gasteiger partial charge in [-0.2, -0.15) is 0 Å². The van der Waals surface area contributed by atoms with Crippen LogP contribution in [-0.2, 0) is 0 Å². The van der Waals surface area contributed by atoms with Gasteiger partial charge in [0.2, 0.25) is 0 Å². The van der Waals surface area contributed by atoms with E-state index in [-0.39, 0.29) is 0 Å². The Hall–Kier alpha value is -1.71. The predicted molar refractivity (Wildman–Crippen MR) is 80.5 cm³/mol. The topological polar surface area (TPSA) is 25.8 Å². The average Bonchev–Trinajstić information content (AvgIpc) is 2.86. The van der Waals surface area contributed by atoms with Crippen LogP contribution in [0.3, 0.4) is 0 Å². The van der Waals surface area contributed by atoms with E-state index in [9.17, 15) is 0 Å². The minimum absolute atomic E-state index is 0.468. The molecule has 0 radical (unpaired) electrons. The summed E-state index contributed by atoms with van der Waals surface area (Å²) in [6.07, 6.45) is 0. The van der Waals surface area contributed by atoms with Crippen LogP contribution in [0.2, 0.25) is 5.15 Å². The molecule has 2 nitrogen and oxygen atoms in total. The third-order valence-corrected chi connectivity index (χ3v) is 3.94. The zero-order valence-corrected chi connectivity index (χ0v) is 11.9. The Morgan fingerprint density at radius 3 is 2.47 bits per heavy atom. The van der Waals surface area contributed by atoms with Gasteiger partial charge in [-0.1, -0.05) is 41.9 Å². The zero-order chi connectivity index (χ0) is 13.2. The second-order valence-corrected chi connectivity index (χ2v) is 5.85. The van der Waals surface area contributed by atoms with Crippen LogP contribution in [0.15, 0.2) is 48.5 Å². The summed E-state index contributed by atoms with van der Waals surface area (Å²) in [7, 11) is 0. The molecule has 0 atom stereocenters. The lowest BCUT2D eigenvalue weighted by atomic mass is 10.2. The summed E-state index contributed by atoms with van der Waals surface area (Å²) in [5.41, 5.74) is 1.84. The highest BCUT2D eigenvalue weighted by atomic mass is 35.5. The van der Waals surface area contributed by atoms with Crippen molar-refractivity contribution in [2.45, 2.75) is 6.92 Å². The highest BCUT2D eigenvalue weighted by molar-refractivity contribution is 7.15. The Morgan fingerprint density at radius 2 is 1.79 bits per heavy atom. The molecular weight excluding hydrogens is 276 g/mol. The third-order valence-electron chi connectivity index (χ3n) is 2.72. The van der Waals surface area contributed by atoms with Crippen molar-refractivity contribution in [1.82, 2.24) is 9.97 Å². The van der Waals surface area contributed by atoms with Crippen LogP contribution in [0, 0.1) is 6.92 Å². The molecule has 0 unspecified atom stereocenters. The molecule has 4 heteroatoms. The molecular formula is C15H11ClN2S. The molecule has 0 saturated carbocycles. The molecule has 3 aromatic rings. The normalized spacial score (nSPS) is 10.6. The fourth-order valence-corrected chi connectivity index (χ4v) is 2.84. The van der Waals surface area contributed by atoms with E-state index in [2.05, 4.69) is 29.0 Å². The maximum atomic E-state index is 6.11. The summed E-state index contributed by atoms with van der Waals surface area (Å²) in [5.74, 6) is 0.661. The predicted octanol–water partition coefficient (Wildman–Crippen LogP) is 4.83. The molecule has 0 amide bonds. The first-order valence-corrected chi connectivity index (χ1v) is 7.08. The lowest BCUT2D eigenvalue weighted by Crippen LogP contribution is -1.91. The molecule has 2 aromatic heterocycles. The number of benzene rings is 1. The van der Waals surface area contributed by atoms with E-state index in [1.165, 1.54) is 4.88 Å². The second-order valence-electron chi connectivity index (χ2n) is 4.18. The molecule has 1 aromatic carbocycles. The number of nitrogens with zero attached hydrogens (tertiary/aromatic N) is 2. The van der Waals surface area contributed by atoms with Gasteiger partial charge in [-0.25, -0.2) is 9.97 Å². The highest BCUT2D eigenvalue weighted by Gasteiger charge is 2.08. The Morgan fingerprint density at radius 1 is 1.00 bits per heavy atom. The number of aromatic nitrogens is 2. The number of hydrogen-bond acceptors (Lipinski definition) is 3. The fourth-order valence-electron chi connectivity index (χ4n) is 1.83. The zero-order valence-electron chi connectivity index (χ0n) is 10.3. The van der Waals surface area contributed by atoms with Crippen LogP contribution in [0.4, 0.5) is 0 Å². The Kier molecular flexibility index (Phi) is 3.32. The second kappa shape index (κ2) is 5.11. The van der Waals surface area contributed by atoms with Gasteiger partial charge in [-0.3, -0.25) is 0 Å². The monoisotopic (exact) mass is 286 g/mol. The molecule has 0 spiro atoms. The van der Waals surface area contributed by atoms with Crippen LogP contribution in [-0.4, -0.2) is 9.97 Å². The third kappa shape index (κ3) is 2.67. The number of halogens is 1. The maximum absolute atomic E-state index is 6.11. The van der Waals surface area contributed by atoms with Crippen molar-refractivity contribution in [1.29, 1.82) is 0 Å². The summed E-state index contributed by atoms with van der Waals surface area (Å²) >= 11 is 7.81. The summed E-state index contributed by atoms with van der Waals surface area (Å²) < 4.78 is 0. The van der Waals surface area contributed by atoms with Crippen molar-refractivity contribution in [3.8, 4) is 22.0 Å². The van der Waals surface area contributed by atoms with Crippen LogP contribution in [0.5, 0.6) is 0 Å². The number of thiophene rings is 1. The molecule has 19 heavy (non-hydrogen) atoms. The molecule has 0 saturated heterocycles. The molecule has 0 N–H and O–H groups in total. The van der Waals surface area contributed by atoms with E-state index >= 15 is 0 Å². The van der Waals surface area contributed by atoms with Crippen molar-refractivity contribution in [2.24, 2.45) is 0 Å². The molecule has 0 bridgehead atoms. The minimum atomic E-state index is 0.468. The van der Waals surface area contributed by atoms with Crippen LogP contribution >= 0.6 is 22.9 Å². The van der Waals surface area contributed by atoms with Gasteiger partial charge in [0.1, 0.15) is 5.15 Å². The van der Waals surface area contributed by atoms with Gasteiger partial charge in [0.25, 0.3) is 0 Å². The average molecular weight is 287 g/mol. The number of rotatable bonds is 2.